The number of rotatable bonds is 7. The number of halogens is 1. The lowest BCUT2D eigenvalue weighted by atomic mass is 10.1. The van der Waals surface area contributed by atoms with Crippen molar-refractivity contribution in [2.24, 2.45) is 0 Å². The van der Waals surface area contributed by atoms with E-state index in [9.17, 15) is 4.39 Å². The summed E-state index contributed by atoms with van der Waals surface area (Å²) in [6, 6.07) is 5.73. The maximum Gasteiger partial charge on any atom is 0.146 e. The number of unbranched alkanes of at least 4 members (excludes halogenated alkanes) is 1. The smallest absolute Gasteiger partial charge is 0.146 e. The third-order valence-electron chi connectivity index (χ3n) is 3.41. The fraction of sp³-hybridized carbons (Fsp3) is 0.600. The first-order valence-electron chi connectivity index (χ1n) is 6.85. The Balaban J connectivity index is 2.89. The zero-order valence-electron chi connectivity index (χ0n) is 12.0. The molecule has 0 radical (unpaired) electrons. The summed E-state index contributed by atoms with van der Waals surface area (Å²) in [6.45, 7) is 8.02. The molecule has 102 valence electrons. The molecule has 0 saturated carbocycles. The van der Waals surface area contributed by atoms with Crippen molar-refractivity contribution < 1.29 is 4.39 Å². The van der Waals surface area contributed by atoms with E-state index < -0.39 is 0 Å². The first-order valence-corrected chi connectivity index (χ1v) is 6.85. The molecule has 0 heterocycles. The predicted molar refractivity (Wildman–Crippen MR) is 76.7 cm³/mol. The van der Waals surface area contributed by atoms with Gasteiger partial charge in [-0.1, -0.05) is 19.4 Å². The lowest BCUT2D eigenvalue weighted by molar-refractivity contribution is 0.599. The predicted octanol–water partition coefficient (Wildman–Crippen LogP) is 3.73. The number of benzene rings is 1. The lowest BCUT2D eigenvalue weighted by Gasteiger charge is -2.24. The minimum Gasteiger partial charge on any atom is -0.369 e. The molecule has 1 aromatic carbocycles. The Bertz CT molecular complexity index is 366. The normalized spacial score (nSPS) is 12.5. The Morgan fingerprint density at radius 2 is 2.06 bits per heavy atom. The maximum absolute atomic E-state index is 14.1. The zero-order valence-corrected chi connectivity index (χ0v) is 12.0. The largest absolute Gasteiger partial charge is 0.369 e. The number of anilines is 1. The highest BCUT2D eigenvalue weighted by Gasteiger charge is 2.12. The molecule has 18 heavy (non-hydrogen) atoms. The molecule has 0 bridgehead atoms. The fourth-order valence-electron chi connectivity index (χ4n) is 2.01. The minimum absolute atomic E-state index is 0.118. The Morgan fingerprint density at radius 3 is 2.56 bits per heavy atom. The molecule has 1 rings (SSSR count). The monoisotopic (exact) mass is 252 g/mol. The number of nitrogens with one attached hydrogen (secondary N) is 1. The van der Waals surface area contributed by atoms with Crippen LogP contribution in [0.15, 0.2) is 18.2 Å². The van der Waals surface area contributed by atoms with Gasteiger partial charge in [-0.3, -0.25) is 0 Å². The zero-order chi connectivity index (χ0) is 13.5. The molecule has 0 aliphatic rings. The molecule has 1 N–H and O–H groups in total. The summed E-state index contributed by atoms with van der Waals surface area (Å²) in [7, 11) is 1.88. The number of hydrogen-bond acceptors (Lipinski definition) is 2. The van der Waals surface area contributed by atoms with E-state index in [1.807, 2.05) is 26.1 Å². The van der Waals surface area contributed by atoms with Crippen LogP contribution in [0.2, 0.25) is 0 Å². The summed E-state index contributed by atoms with van der Waals surface area (Å²) in [6.07, 6.45) is 2.23. The number of nitrogens with zero attached hydrogens (tertiary/aromatic N) is 1. The van der Waals surface area contributed by atoms with E-state index in [0.29, 0.717) is 0 Å². The van der Waals surface area contributed by atoms with Crippen LogP contribution < -0.4 is 10.2 Å². The van der Waals surface area contributed by atoms with E-state index >= 15 is 0 Å². The Hall–Kier alpha value is -1.09. The Morgan fingerprint density at radius 1 is 1.33 bits per heavy atom. The van der Waals surface area contributed by atoms with Gasteiger partial charge in [-0.05, 0) is 45.0 Å². The summed E-state index contributed by atoms with van der Waals surface area (Å²) in [5, 5.41) is 3.13. The van der Waals surface area contributed by atoms with E-state index in [4.69, 9.17) is 0 Å². The maximum atomic E-state index is 14.1. The van der Waals surface area contributed by atoms with Crippen LogP contribution in [-0.2, 0) is 0 Å². The second kappa shape index (κ2) is 7.37. The van der Waals surface area contributed by atoms with Gasteiger partial charge in [-0.25, -0.2) is 4.39 Å². The van der Waals surface area contributed by atoms with Gasteiger partial charge < -0.3 is 10.2 Å². The first kappa shape index (κ1) is 15.0. The first-order chi connectivity index (χ1) is 8.63. The highest BCUT2D eigenvalue weighted by atomic mass is 19.1. The molecule has 0 amide bonds. The summed E-state index contributed by atoms with van der Waals surface area (Å²) in [4.78, 5) is 2.10. The van der Waals surface area contributed by atoms with Crippen LogP contribution in [0.3, 0.4) is 0 Å². The molecule has 1 unspecified atom stereocenters. The van der Waals surface area contributed by atoms with Crippen molar-refractivity contribution in [3.8, 4) is 0 Å². The standard InChI is InChI=1S/C15H25FN2/c1-5-7-10-18(6-2)15-9-8-13(11-14(15)16)12(3)17-4/h8-9,11-12,17H,5-7,10H2,1-4H3. The van der Waals surface area contributed by atoms with Gasteiger partial charge in [-0.2, -0.15) is 0 Å². The third-order valence-corrected chi connectivity index (χ3v) is 3.41. The summed E-state index contributed by atoms with van der Waals surface area (Å²) in [5.74, 6) is -0.118. The molecule has 0 saturated heterocycles. The second-order valence-electron chi connectivity index (χ2n) is 4.65. The van der Waals surface area contributed by atoms with E-state index in [-0.39, 0.29) is 11.9 Å². The molecule has 2 nitrogen and oxygen atoms in total. The molecule has 1 atom stereocenters. The van der Waals surface area contributed by atoms with Crippen LogP contribution in [-0.4, -0.2) is 20.1 Å². The van der Waals surface area contributed by atoms with Crippen molar-refractivity contribution in [3.05, 3.63) is 29.6 Å². The quantitative estimate of drug-likeness (QED) is 0.795. The average Bonchev–Trinajstić information content (AvgIpc) is 2.40. The van der Waals surface area contributed by atoms with Gasteiger partial charge in [0.25, 0.3) is 0 Å². The van der Waals surface area contributed by atoms with E-state index in [1.54, 1.807) is 6.07 Å². The molecule has 1 aromatic rings. The summed E-state index contributed by atoms with van der Waals surface area (Å²) in [5.41, 5.74) is 1.71. The SMILES string of the molecule is CCCCN(CC)c1ccc(C(C)NC)cc1F. The van der Waals surface area contributed by atoms with Crippen molar-refractivity contribution in [2.45, 2.75) is 39.7 Å². The fourth-order valence-corrected chi connectivity index (χ4v) is 2.01. The minimum atomic E-state index is -0.118. The van der Waals surface area contributed by atoms with Crippen LogP contribution in [0, 0.1) is 5.82 Å². The van der Waals surface area contributed by atoms with Gasteiger partial charge in [0.2, 0.25) is 0 Å². The van der Waals surface area contributed by atoms with Crippen molar-refractivity contribution in [1.82, 2.24) is 5.32 Å². The van der Waals surface area contributed by atoms with Gasteiger partial charge in [0.15, 0.2) is 0 Å². The summed E-state index contributed by atoms with van der Waals surface area (Å²) >= 11 is 0. The van der Waals surface area contributed by atoms with Gasteiger partial charge in [0.05, 0.1) is 5.69 Å². The molecule has 0 aliphatic carbocycles. The summed E-state index contributed by atoms with van der Waals surface area (Å²) < 4.78 is 14.1. The van der Waals surface area contributed by atoms with Crippen molar-refractivity contribution in [1.29, 1.82) is 0 Å². The third kappa shape index (κ3) is 3.70. The highest BCUT2D eigenvalue weighted by molar-refractivity contribution is 5.49. The lowest BCUT2D eigenvalue weighted by Crippen LogP contribution is -2.25. The second-order valence-corrected chi connectivity index (χ2v) is 4.65. The number of hydrogen-bond donors (Lipinski definition) is 1. The van der Waals surface area contributed by atoms with Crippen LogP contribution in [0.5, 0.6) is 0 Å². The molecule has 3 heteroatoms. The topological polar surface area (TPSA) is 15.3 Å². The van der Waals surface area contributed by atoms with E-state index in [0.717, 1.165) is 37.2 Å². The van der Waals surface area contributed by atoms with Gasteiger partial charge >= 0.3 is 0 Å². The van der Waals surface area contributed by atoms with Crippen LogP contribution in [0.25, 0.3) is 0 Å². The van der Waals surface area contributed by atoms with Crippen LogP contribution >= 0.6 is 0 Å². The van der Waals surface area contributed by atoms with Crippen LogP contribution in [0.1, 0.15) is 45.2 Å². The van der Waals surface area contributed by atoms with E-state index in [1.165, 1.54) is 0 Å². The van der Waals surface area contributed by atoms with E-state index in [2.05, 4.69) is 24.1 Å². The van der Waals surface area contributed by atoms with Crippen molar-refractivity contribution in [3.63, 3.8) is 0 Å². The molecule has 0 aliphatic heterocycles. The Labute approximate surface area is 110 Å². The van der Waals surface area contributed by atoms with Crippen molar-refractivity contribution >= 4 is 5.69 Å². The molecular weight excluding hydrogens is 227 g/mol. The average molecular weight is 252 g/mol. The molecular formula is C15H25FN2. The Kier molecular flexibility index (Phi) is 6.13. The van der Waals surface area contributed by atoms with Gasteiger partial charge in [0, 0.05) is 19.1 Å². The van der Waals surface area contributed by atoms with Gasteiger partial charge in [-0.15, -0.1) is 0 Å². The van der Waals surface area contributed by atoms with Crippen LogP contribution in [0.4, 0.5) is 10.1 Å². The highest BCUT2D eigenvalue weighted by Crippen LogP contribution is 2.23. The molecule has 0 spiro atoms. The molecule has 0 aromatic heterocycles. The van der Waals surface area contributed by atoms with Crippen molar-refractivity contribution in [2.75, 3.05) is 25.0 Å². The van der Waals surface area contributed by atoms with Gasteiger partial charge in [0.1, 0.15) is 5.82 Å². The molecule has 0 fully saturated rings.